The molecule has 100 valence electrons. The number of nitrogens with zero attached hydrogens (tertiary/aromatic N) is 1. The Hall–Kier alpha value is -0.960. The zero-order valence-electron chi connectivity index (χ0n) is 11.9. The van der Waals surface area contributed by atoms with Gasteiger partial charge in [0.25, 0.3) is 0 Å². The molecule has 18 heavy (non-hydrogen) atoms. The van der Waals surface area contributed by atoms with Gasteiger partial charge in [0.05, 0.1) is 0 Å². The molecule has 0 aliphatic heterocycles. The molecule has 1 rings (SSSR count). The second kappa shape index (κ2) is 7.47. The molecule has 3 heteroatoms. The fraction of sp³-hybridized carbons (Fsp3) is 0.533. The van der Waals surface area contributed by atoms with Crippen molar-refractivity contribution >= 4 is 16.9 Å². The number of nitrogens with one attached hydrogen (secondary N) is 1. The van der Waals surface area contributed by atoms with Crippen molar-refractivity contribution in [1.29, 1.82) is 0 Å². The standard InChI is InChI=1S/C15H24N2S/c1-5-15(2,3)12-17-14(18-4)16-11-13-9-7-6-8-10-13/h6-10H,5,11-12H2,1-4H3,(H,16,17). The van der Waals surface area contributed by atoms with Crippen LogP contribution in [-0.2, 0) is 6.54 Å². The molecular formula is C15H24N2S. The van der Waals surface area contributed by atoms with Crippen molar-refractivity contribution in [2.75, 3.05) is 12.8 Å². The number of hydrogen-bond donors (Lipinski definition) is 1. The number of thioether (sulfide) groups is 1. The van der Waals surface area contributed by atoms with Crippen LogP contribution in [-0.4, -0.2) is 18.0 Å². The van der Waals surface area contributed by atoms with Gasteiger partial charge >= 0.3 is 0 Å². The molecule has 0 aliphatic rings. The second-order valence-corrected chi connectivity index (χ2v) is 5.98. The molecule has 0 aromatic heterocycles. The fourth-order valence-electron chi connectivity index (χ4n) is 1.36. The highest BCUT2D eigenvalue weighted by Crippen LogP contribution is 2.20. The van der Waals surface area contributed by atoms with Crippen LogP contribution in [0.2, 0.25) is 0 Å². The van der Waals surface area contributed by atoms with E-state index in [0.29, 0.717) is 0 Å². The summed E-state index contributed by atoms with van der Waals surface area (Å²) in [6.07, 6.45) is 3.21. The molecule has 0 unspecified atom stereocenters. The predicted octanol–water partition coefficient (Wildman–Crippen LogP) is 3.93. The third kappa shape index (κ3) is 5.58. The number of aliphatic imine (C=N–C) groups is 1. The Morgan fingerprint density at radius 2 is 1.94 bits per heavy atom. The van der Waals surface area contributed by atoms with Gasteiger partial charge in [-0.05, 0) is 23.7 Å². The topological polar surface area (TPSA) is 24.4 Å². The minimum Gasteiger partial charge on any atom is -0.361 e. The van der Waals surface area contributed by atoms with Crippen LogP contribution < -0.4 is 5.32 Å². The summed E-state index contributed by atoms with van der Waals surface area (Å²) in [6.45, 7) is 8.44. The quantitative estimate of drug-likeness (QED) is 0.643. The van der Waals surface area contributed by atoms with E-state index in [-0.39, 0.29) is 5.41 Å². The lowest BCUT2D eigenvalue weighted by Gasteiger charge is -2.20. The van der Waals surface area contributed by atoms with E-state index in [1.54, 1.807) is 11.8 Å². The van der Waals surface area contributed by atoms with E-state index < -0.39 is 0 Å². The van der Waals surface area contributed by atoms with E-state index in [2.05, 4.69) is 61.6 Å². The lowest BCUT2D eigenvalue weighted by molar-refractivity contribution is 0.366. The molecule has 0 heterocycles. The fourth-order valence-corrected chi connectivity index (χ4v) is 1.77. The number of rotatable bonds is 5. The number of benzene rings is 1. The van der Waals surface area contributed by atoms with E-state index in [0.717, 1.165) is 24.7 Å². The summed E-state index contributed by atoms with van der Waals surface area (Å²) < 4.78 is 0. The van der Waals surface area contributed by atoms with Gasteiger partial charge in [-0.2, -0.15) is 0 Å². The Morgan fingerprint density at radius 1 is 1.28 bits per heavy atom. The van der Waals surface area contributed by atoms with Crippen LogP contribution in [0, 0.1) is 5.41 Å². The van der Waals surface area contributed by atoms with Crippen LogP contribution in [0.3, 0.4) is 0 Å². The van der Waals surface area contributed by atoms with E-state index in [1.165, 1.54) is 5.56 Å². The molecule has 0 spiro atoms. The Morgan fingerprint density at radius 3 is 2.50 bits per heavy atom. The maximum absolute atomic E-state index is 4.67. The van der Waals surface area contributed by atoms with Gasteiger partial charge in [0, 0.05) is 13.1 Å². The van der Waals surface area contributed by atoms with Gasteiger partial charge in [-0.3, -0.25) is 4.99 Å². The maximum atomic E-state index is 4.67. The summed E-state index contributed by atoms with van der Waals surface area (Å²) in [5.41, 5.74) is 1.57. The first-order chi connectivity index (χ1) is 8.57. The SMILES string of the molecule is CCC(C)(C)C/N=C(/NCc1ccccc1)SC. The molecule has 1 N–H and O–H groups in total. The molecule has 0 fully saturated rings. The van der Waals surface area contributed by atoms with Crippen LogP contribution in [0.1, 0.15) is 32.8 Å². The summed E-state index contributed by atoms with van der Waals surface area (Å²) in [4.78, 5) is 4.67. The highest BCUT2D eigenvalue weighted by Gasteiger charge is 2.14. The maximum Gasteiger partial charge on any atom is 0.156 e. The van der Waals surface area contributed by atoms with Crippen molar-refractivity contribution in [2.24, 2.45) is 10.4 Å². The van der Waals surface area contributed by atoms with Gasteiger partial charge in [0.15, 0.2) is 5.17 Å². The van der Waals surface area contributed by atoms with Crippen molar-refractivity contribution in [1.82, 2.24) is 5.32 Å². The van der Waals surface area contributed by atoms with E-state index in [9.17, 15) is 0 Å². The Labute approximate surface area is 115 Å². The molecule has 0 atom stereocenters. The zero-order chi connectivity index (χ0) is 13.4. The molecule has 1 aromatic carbocycles. The van der Waals surface area contributed by atoms with Gasteiger partial charge in [0.2, 0.25) is 0 Å². The van der Waals surface area contributed by atoms with Crippen molar-refractivity contribution in [3.05, 3.63) is 35.9 Å². The normalized spacial score (nSPS) is 12.6. The van der Waals surface area contributed by atoms with Crippen LogP contribution >= 0.6 is 11.8 Å². The third-order valence-electron chi connectivity index (χ3n) is 3.09. The summed E-state index contributed by atoms with van der Waals surface area (Å²) in [7, 11) is 0. The molecule has 0 bridgehead atoms. The smallest absolute Gasteiger partial charge is 0.156 e. The minimum atomic E-state index is 0.287. The van der Waals surface area contributed by atoms with Gasteiger partial charge in [0.1, 0.15) is 0 Å². The molecule has 0 saturated heterocycles. The largest absolute Gasteiger partial charge is 0.361 e. The molecular weight excluding hydrogens is 240 g/mol. The van der Waals surface area contributed by atoms with Crippen LogP contribution in [0.4, 0.5) is 0 Å². The van der Waals surface area contributed by atoms with Crippen LogP contribution in [0.25, 0.3) is 0 Å². The van der Waals surface area contributed by atoms with Crippen LogP contribution in [0.15, 0.2) is 35.3 Å². The van der Waals surface area contributed by atoms with E-state index >= 15 is 0 Å². The minimum absolute atomic E-state index is 0.287. The van der Waals surface area contributed by atoms with E-state index in [4.69, 9.17) is 0 Å². The summed E-state index contributed by atoms with van der Waals surface area (Å²) in [5, 5.41) is 4.42. The summed E-state index contributed by atoms with van der Waals surface area (Å²) in [6, 6.07) is 10.4. The molecule has 0 radical (unpaired) electrons. The number of amidine groups is 1. The van der Waals surface area contributed by atoms with E-state index in [1.807, 2.05) is 6.07 Å². The number of hydrogen-bond acceptors (Lipinski definition) is 2. The molecule has 0 saturated carbocycles. The first-order valence-corrected chi connectivity index (χ1v) is 7.66. The monoisotopic (exact) mass is 264 g/mol. The van der Waals surface area contributed by atoms with Crippen molar-refractivity contribution < 1.29 is 0 Å². The Balaban J connectivity index is 2.49. The van der Waals surface area contributed by atoms with Gasteiger partial charge in [-0.15, -0.1) is 0 Å². The average molecular weight is 264 g/mol. The van der Waals surface area contributed by atoms with Crippen molar-refractivity contribution in [2.45, 2.75) is 33.7 Å². The predicted molar refractivity (Wildman–Crippen MR) is 83.2 cm³/mol. The van der Waals surface area contributed by atoms with Gasteiger partial charge in [-0.25, -0.2) is 0 Å². The Bertz CT molecular complexity index is 371. The first-order valence-electron chi connectivity index (χ1n) is 6.43. The first kappa shape index (κ1) is 15.1. The third-order valence-corrected chi connectivity index (χ3v) is 3.75. The molecule has 0 aliphatic carbocycles. The highest BCUT2D eigenvalue weighted by molar-refractivity contribution is 8.13. The van der Waals surface area contributed by atoms with Crippen molar-refractivity contribution in [3.63, 3.8) is 0 Å². The lowest BCUT2D eigenvalue weighted by atomic mass is 9.91. The molecule has 1 aromatic rings. The zero-order valence-corrected chi connectivity index (χ0v) is 12.7. The lowest BCUT2D eigenvalue weighted by Crippen LogP contribution is -2.22. The highest BCUT2D eigenvalue weighted by atomic mass is 32.2. The van der Waals surface area contributed by atoms with Gasteiger partial charge < -0.3 is 5.32 Å². The van der Waals surface area contributed by atoms with Crippen molar-refractivity contribution in [3.8, 4) is 0 Å². The summed E-state index contributed by atoms with van der Waals surface area (Å²) >= 11 is 1.68. The van der Waals surface area contributed by atoms with Crippen LogP contribution in [0.5, 0.6) is 0 Å². The Kier molecular flexibility index (Phi) is 6.27. The molecule has 0 amide bonds. The molecule has 2 nitrogen and oxygen atoms in total. The summed E-state index contributed by atoms with van der Waals surface area (Å²) in [5.74, 6) is 0. The second-order valence-electron chi connectivity index (χ2n) is 5.18. The average Bonchev–Trinajstić information content (AvgIpc) is 2.40. The van der Waals surface area contributed by atoms with Gasteiger partial charge in [-0.1, -0.05) is 62.9 Å².